The van der Waals surface area contributed by atoms with Crippen molar-refractivity contribution in [3.63, 3.8) is 0 Å². The van der Waals surface area contributed by atoms with Crippen molar-refractivity contribution >= 4 is 28.8 Å². The van der Waals surface area contributed by atoms with Crippen molar-refractivity contribution in [1.29, 1.82) is 0 Å². The highest BCUT2D eigenvalue weighted by molar-refractivity contribution is 7.80. The maximum absolute atomic E-state index is 14.2. The standard InChI is InChI=1S/C34H54NO5S/c1-5-30(37)40-34(29(36)23-39-31(38)15-21-35(6-2)19-8-7-9-20-35)18-14-28-26-11-10-24-22-25(41)12-16-32(24,3)27(26)13-17-33(28,34)4/h22,26-28,31,38H,5-21,23H2,1-4H3/q+1/t26-,27+,28+,31?,32+,33+,34+/m1/s1. The number of aliphatic hydroxyl groups excluding tert-OH is 1. The molecule has 1 aliphatic heterocycles. The van der Waals surface area contributed by atoms with Gasteiger partial charge in [-0.2, -0.15) is 0 Å². The summed E-state index contributed by atoms with van der Waals surface area (Å²) in [6.45, 7) is 12.7. The molecule has 7 atom stereocenters. The highest BCUT2D eigenvalue weighted by Crippen LogP contribution is 2.68. The molecule has 41 heavy (non-hydrogen) atoms. The number of Topliss-reactive ketones (excluding diaryl/α,β-unsaturated/α-hetero) is 1. The van der Waals surface area contributed by atoms with Crippen molar-refractivity contribution in [2.75, 3.05) is 32.8 Å². The minimum Gasteiger partial charge on any atom is -0.450 e. The fourth-order valence-electron chi connectivity index (χ4n) is 10.1. The molecule has 0 aromatic rings. The van der Waals surface area contributed by atoms with Crippen LogP contribution in [0.3, 0.4) is 0 Å². The van der Waals surface area contributed by atoms with Gasteiger partial charge >= 0.3 is 5.97 Å². The second-order valence-corrected chi connectivity index (χ2v) is 15.0. The third-order valence-electron chi connectivity index (χ3n) is 12.8. The molecule has 0 radical (unpaired) electrons. The number of aliphatic hydroxyl groups is 1. The van der Waals surface area contributed by atoms with Crippen LogP contribution in [-0.4, -0.2) is 70.9 Å². The van der Waals surface area contributed by atoms with Crippen molar-refractivity contribution < 1.29 is 28.7 Å². The topological polar surface area (TPSA) is 72.8 Å². The lowest BCUT2D eigenvalue weighted by Crippen LogP contribution is -2.60. The molecular formula is C34H54NO5S+. The second-order valence-electron chi connectivity index (χ2n) is 14.5. The van der Waals surface area contributed by atoms with E-state index < -0.39 is 17.3 Å². The molecule has 0 amide bonds. The molecule has 1 unspecified atom stereocenters. The summed E-state index contributed by atoms with van der Waals surface area (Å²) < 4.78 is 13.1. The molecule has 5 aliphatic rings. The first-order valence-corrected chi connectivity index (χ1v) is 17.1. The number of hydrogen-bond acceptors (Lipinski definition) is 6. The molecule has 6 nitrogen and oxygen atoms in total. The van der Waals surface area contributed by atoms with Crippen molar-refractivity contribution in [3.05, 3.63) is 11.6 Å². The number of rotatable bonds is 10. The Kier molecular flexibility index (Phi) is 9.22. The summed E-state index contributed by atoms with van der Waals surface area (Å²) in [5.41, 5.74) is 0.124. The summed E-state index contributed by atoms with van der Waals surface area (Å²) in [4.78, 5) is 28.1. The molecule has 1 heterocycles. The maximum atomic E-state index is 14.2. The molecule has 230 valence electrons. The molecule has 1 N–H and O–H groups in total. The minimum absolute atomic E-state index is 0.162. The van der Waals surface area contributed by atoms with Gasteiger partial charge in [-0.25, -0.2) is 0 Å². The van der Waals surface area contributed by atoms with Gasteiger partial charge in [0.2, 0.25) is 5.78 Å². The molecule has 0 bridgehead atoms. The number of quaternary nitrogens is 1. The largest absolute Gasteiger partial charge is 0.450 e. The lowest BCUT2D eigenvalue weighted by molar-refractivity contribution is -0.931. The monoisotopic (exact) mass is 588 g/mol. The van der Waals surface area contributed by atoms with E-state index in [1.165, 1.54) is 24.8 Å². The molecule has 3 saturated carbocycles. The van der Waals surface area contributed by atoms with Crippen LogP contribution in [0.25, 0.3) is 0 Å². The summed E-state index contributed by atoms with van der Waals surface area (Å²) >= 11 is 5.58. The van der Waals surface area contributed by atoms with Crippen molar-refractivity contribution in [2.45, 2.75) is 123 Å². The predicted octanol–water partition coefficient (Wildman–Crippen LogP) is 6.33. The van der Waals surface area contributed by atoms with Gasteiger partial charge in [-0.3, -0.25) is 9.59 Å². The van der Waals surface area contributed by atoms with Crippen LogP contribution in [-0.2, 0) is 19.1 Å². The van der Waals surface area contributed by atoms with E-state index in [-0.39, 0.29) is 30.2 Å². The smallest absolute Gasteiger partial charge is 0.306 e. The summed E-state index contributed by atoms with van der Waals surface area (Å²) in [6, 6.07) is 0. The first-order valence-electron chi connectivity index (χ1n) is 16.7. The number of allylic oxidation sites excluding steroid dienone is 2. The highest BCUT2D eigenvalue weighted by Gasteiger charge is 2.68. The SMILES string of the molecule is CCC(=O)O[C@]1(C(=O)COC(O)CC[N+]2(CC)CCCCC2)CC[C@H]2[C@@H]3CCC4=CC(=S)CC[C@]4(C)[C@H]3CC[C@@]21C. The number of likely N-dealkylation sites (tertiary alicyclic amines) is 1. The average molecular weight is 589 g/mol. The summed E-state index contributed by atoms with van der Waals surface area (Å²) in [5.74, 6) is 0.953. The quantitative estimate of drug-likeness (QED) is 0.139. The van der Waals surface area contributed by atoms with E-state index in [4.69, 9.17) is 21.7 Å². The fraction of sp³-hybridized carbons (Fsp3) is 0.853. The van der Waals surface area contributed by atoms with Gasteiger partial charge < -0.3 is 19.1 Å². The third-order valence-corrected chi connectivity index (χ3v) is 13.1. The summed E-state index contributed by atoms with van der Waals surface area (Å²) in [5, 5.41) is 10.8. The number of piperidine rings is 1. The number of thiocarbonyl (C=S) groups is 1. The minimum atomic E-state index is -1.18. The Labute approximate surface area is 253 Å². The van der Waals surface area contributed by atoms with Crippen LogP contribution in [0.1, 0.15) is 111 Å². The van der Waals surface area contributed by atoms with Crippen LogP contribution >= 0.6 is 12.2 Å². The van der Waals surface area contributed by atoms with Crippen molar-refractivity contribution in [1.82, 2.24) is 0 Å². The number of hydrogen-bond donors (Lipinski definition) is 1. The maximum Gasteiger partial charge on any atom is 0.306 e. The number of carbonyl (C=O) groups excluding carboxylic acids is 2. The van der Waals surface area contributed by atoms with Gasteiger partial charge in [0.05, 0.1) is 26.2 Å². The first kappa shape index (κ1) is 31.3. The zero-order valence-corrected chi connectivity index (χ0v) is 26.9. The Morgan fingerprint density at radius 3 is 2.49 bits per heavy atom. The van der Waals surface area contributed by atoms with Crippen LogP contribution in [0.5, 0.6) is 0 Å². The van der Waals surface area contributed by atoms with Crippen molar-refractivity contribution in [3.8, 4) is 0 Å². The van der Waals surface area contributed by atoms with Gasteiger partial charge in [-0.1, -0.05) is 38.6 Å². The number of esters is 1. The molecule has 4 fully saturated rings. The van der Waals surface area contributed by atoms with E-state index >= 15 is 0 Å². The first-order chi connectivity index (χ1) is 19.5. The molecule has 0 aromatic carbocycles. The van der Waals surface area contributed by atoms with E-state index in [0.29, 0.717) is 30.6 Å². The highest BCUT2D eigenvalue weighted by atomic mass is 32.1. The van der Waals surface area contributed by atoms with E-state index in [9.17, 15) is 14.7 Å². The molecular weight excluding hydrogens is 534 g/mol. The van der Waals surface area contributed by atoms with Gasteiger partial charge in [0.15, 0.2) is 11.9 Å². The molecule has 4 aliphatic carbocycles. The van der Waals surface area contributed by atoms with Crippen LogP contribution in [0.4, 0.5) is 0 Å². The Balaban J connectivity index is 1.31. The number of ketones is 1. The van der Waals surface area contributed by atoms with Gasteiger partial charge in [-0.05, 0) is 107 Å². The van der Waals surface area contributed by atoms with Crippen molar-refractivity contribution in [2.24, 2.45) is 28.6 Å². The number of fused-ring (bicyclic) bond motifs is 5. The Hall–Kier alpha value is -1.15. The number of ether oxygens (including phenoxy) is 2. The third kappa shape index (κ3) is 5.51. The van der Waals surface area contributed by atoms with E-state index in [2.05, 4.69) is 26.8 Å². The molecule has 5 rings (SSSR count). The van der Waals surface area contributed by atoms with E-state index in [1.54, 1.807) is 6.92 Å². The Bertz CT molecular complexity index is 1050. The molecule has 0 spiro atoms. The van der Waals surface area contributed by atoms with Crippen LogP contribution in [0, 0.1) is 28.6 Å². The lowest BCUT2D eigenvalue weighted by atomic mass is 9.46. The zero-order chi connectivity index (χ0) is 29.5. The number of nitrogens with zero attached hydrogens (tertiary/aromatic N) is 1. The van der Waals surface area contributed by atoms with Gasteiger partial charge in [-0.15, -0.1) is 0 Å². The Morgan fingerprint density at radius 1 is 1.05 bits per heavy atom. The van der Waals surface area contributed by atoms with Gasteiger partial charge in [0, 0.05) is 23.1 Å². The molecule has 0 aromatic heterocycles. The number of carbonyl (C=O) groups is 2. The van der Waals surface area contributed by atoms with Crippen LogP contribution < -0.4 is 0 Å². The molecule has 7 heteroatoms. The second kappa shape index (κ2) is 12.1. The normalized spacial score (nSPS) is 38.7. The average Bonchev–Trinajstić information content (AvgIpc) is 3.28. The summed E-state index contributed by atoms with van der Waals surface area (Å²) in [6.07, 6.45) is 13.5. The molecule has 1 saturated heterocycles. The van der Waals surface area contributed by atoms with Gasteiger partial charge in [0.1, 0.15) is 6.61 Å². The van der Waals surface area contributed by atoms with E-state index in [0.717, 1.165) is 80.5 Å². The lowest BCUT2D eigenvalue weighted by Gasteiger charge is -2.59. The zero-order valence-electron chi connectivity index (χ0n) is 26.1. The fourth-order valence-corrected chi connectivity index (χ4v) is 10.4. The van der Waals surface area contributed by atoms with E-state index in [1.807, 2.05) is 0 Å². The predicted molar refractivity (Wildman–Crippen MR) is 164 cm³/mol. The Morgan fingerprint density at radius 2 is 1.78 bits per heavy atom. The summed E-state index contributed by atoms with van der Waals surface area (Å²) in [7, 11) is 0. The van der Waals surface area contributed by atoms with Crippen LogP contribution in [0.15, 0.2) is 11.6 Å². The van der Waals surface area contributed by atoms with Crippen LogP contribution in [0.2, 0.25) is 0 Å². The van der Waals surface area contributed by atoms with Gasteiger partial charge in [0.25, 0.3) is 0 Å².